The number of aromatic nitrogens is 1. The number of hydrazone groups is 1. The molecule has 0 saturated heterocycles. The van der Waals surface area contributed by atoms with Crippen molar-refractivity contribution in [2.75, 3.05) is 4.72 Å². The Morgan fingerprint density at radius 2 is 1.46 bits per heavy atom. The molecule has 0 bridgehead atoms. The van der Waals surface area contributed by atoms with Crippen LogP contribution in [0.25, 0.3) is 27.8 Å². The van der Waals surface area contributed by atoms with Gasteiger partial charge in [-0.05, 0) is 47.3 Å². The number of hydrogen-bond donors (Lipinski definition) is 2. The molecule has 2 aromatic heterocycles. The van der Waals surface area contributed by atoms with E-state index in [1.54, 1.807) is 41.9 Å². The van der Waals surface area contributed by atoms with Crippen LogP contribution in [0.2, 0.25) is 0 Å². The lowest BCUT2D eigenvalue weighted by Gasteiger charge is -2.12. The zero-order valence-electron chi connectivity index (χ0n) is 21.6. The lowest BCUT2D eigenvalue weighted by atomic mass is 10.1. The lowest BCUT2D eigenvalue weighted by molar-refractivity contribution is 0.0956. The van der Waals surface area contributed by atoms with E-state index in [4.69, 9.17) is 0 Å². The first-order valence-electron chi connectivity index (χ1n) is 12.8. The Balaban J connectivity index is 1.37. The summed E-state index contributed by atoms with van der Waals surface area (Å²) in [6.07, 6.45) is 1.64. The maximum Gasteiger partial charge on any atom is 0.273 e. The van der Waals surface area contributed by atoms with Crippen LogP contribution in [0.15, 0.2) is 136 Å². The molecule has 6 rings (SSSR count). The van der Waals surface area contributed by atoms with E-state index >= 15 is 0 Å². The first-order valence-corrected chi connectivity index (χ1v) is 15.1. The third-order valence-electron chi connectivity index (χ3n) is 6.51. The van der Waals surface area contributed by atoms with Gasteiger partial charge in [0, 0.05) is 16.6 Å². The highest BCUT2D eigenvalue weighted by Crippen LogP contribution is 2.35. The van der Waals surface area contributed by atoms with Crippen LogP contribution in [0, 0.1) is 0 Å². The summed E-state index contributed by atoms with van der Waals surface area (Å²) in [5, 5.41) is 6.99. The number of carbonyl (C=O) groups is 1. The third kappa shape index (κ3) is 5.28. The first-order chi connectivity index (χ1) is 20.0. The highest BCUT2D eigenvalue weighted by Gasteiger charge is 2.21. The molecule has 7 nitrogen and oxygen atoms in total. The summed E-state index contributed by atoms with van der Waals surface area (Å²) in [6.45, 7) is 0. The van der Waals surface area contributed by atoms with Crippen molar-refractivity contribution in [2.45, 2.75) is 4.21 Å². The highest BCUT2D eigenvalue weighted by molar-refractivity contribution is 7.94. The van der Waals surface area contributed by atoms with Crippen LogP contribution in [0.1, 0.15) is 15.9 Å². The second-order valence-corrected chi connectivity index (χ2v) is 12.0. The molecule has 2 heterocycles. The van der Waals surface area contributed by atoms with E-state index in [0.717, 1.165) is 44.7 Å². The number of para-hydroxylation sites is 3. The van der Waals surface area contributed by atoms with Gasteiger partial charge in [-0.25, -0.2) is 13.8 Å². The van der Waals surface area contributed by atoms with Gasteiger partial charge in [0.25, 0.3) is 15.9 Å². The molecule has 2 N–H and O–H groups in total. The maximum absolute atomic E-state index is 13.2. The van der Waals surface area contributed by atoms with E-state index in [-0.39, 0.29) is 15.5 Å². The Labute approximate surface area is 241 Å². The highest BCUT2D eigenvalue weighted by atomic mass is 32.2. The van der Waals surface area contributed by atoms with Crippen molar-refractivity contribution in [3.63, 3.8) is 0 Å². The smallest absolute Gasteiger partial charge is 0.273 e. The summed E-state index contributed by atoms with van der Waals surface area (Å²) in [5.74, 6) is -0.543. The predicted octanol–water partition coefficient (Wildman–Crippen LogP) is 6.92. The van der Waals surface area contributed by atoms with Crippen LogP contribution < -0.4 is 10.1 Å². The van der Waals surface area contributed by atoms with Crippen molar-refractivity contribution >= 4 is 50.1 Å². The van der Waals surface area contributed by atoms with Crippen molar-refractivity contribution in [3.8, 4) is 16.9 Å². The van der Waals surface area contributed by atoms with Gasteiger partial charge in [-0.2, -0.15) is 5.10 Å². The van der Waals surface area contributed by atoms with Gasteiger partial charge in [-0.1, -0.05) is 84.9 Å². The zero-order valence-corrected chi connectivity index (χ0v) is 23.3. The van der Waals surface area contributed by atoms with Gasteiger partial charge in [0.05, 0.1) is 28.7 Å². The average molecular weight is 577 g/mol. The number of carbonyl (C=O) groups excluding carboxylic acids is 1. The van der Waals surface area contributed by atoms with E-state index < -0.39 is 15.9 Å². The van der Waals surface area contributed by atoms with Gasteiger partial charge in [0.2, 0.25) is 0 Å². The summed E-state index contributed by atoms with van der Waals surface area (Å²) < 4.78 is 30.4. The number of rotatable bonds is 8. The quantitative estimate of drug-likeness (QED) is 0.152. The lowest BCUT2D eigenvalue weighted by Crippen LogP contribution is -2.21. The molecule has 202 valence electrons. The van der Waals surface area contributed by atoms with Crippen LogP contribution in [-0.4, -0.2) is 25.1 Å². The van der Waals surface area contributed by atoms with Crippen molar-refractivity contribution < 1.29 is 13.2 Å². The van der Waals surface area contributed by atoms with Gasteiger partial charge in [0.1, 0.15) is 4.21 Å². The molecule has 0 spiro atoms. The normalized spacial score (nSPS) is 11.6. The second-order valence-electron chi connectivity index (χ2n) is 9.10. The third-order valence-corrected chi connectivity index (χ3v) is 9.27. The standard InChI is InChI=1S/C32H24N4O3S2/c37-32(26-17-7-9-18-28(26)35-41(38,39)30-20-11-21-40-30)34-33-22-27-25-16-8-10-19-29(25)36(24-14-5-2-6-15-24)31(27)23-12-3-1-4-13-23/h1-22,35H,(H,34,37)/b33-22-. The maximum atomic E-state index is 13.2. The van der Waals surface area contributed by atoms with E-state index in [1.165, 1.54) is 6.07 Å². The van der Waals surface area contributed by atoms with Crippen LogP contribution in [-0.2, 0) is 10.0 Å². The average Bonchev–Trinajstić information content (AvgIpc) is 3.66. The summed E-state index contributed by atoms with van der Waals surface area (Å²) in [6, 6.07) is 37.7. The Morgan fingerprint density at radius 3 is 2.22 bits per heavy atom. The Kier molecular flexibility index (Phi) is 7.20. The molecule has 0 aliphatic carbocycles. The number of thiophene rings is 1. The van der Waals surface area contributed by atoms with Crippen LogP contribution in [0.5, 0.6) is 0 Å². The fraction of sp³-hybridized carbons (Fsp3) is 0. The first kappa shape index (κ1) is 26.2. The van der Waals surface area contributed by atoms with Crippen LogP contribution >= 0.6 is 11.3 Å². The van der Waals surface area contributed by atoms with Gasteiger partial charge in [-0.15, -0.1) is 11.3 Å². The molecule has 0 atom stereocenters. The largest absolute Gasteiger partial charge is 0.309 e. The van der Waals surface area contributed by atoms with E-state index in [2.05, 4.69) is 38.0 Å². The summed E-state index contributed by atoms with van der Waals surface area (Å²) in [7, 11) is -3.83. The van der Waals surface area contributed by atoms with Gasteiger partial charge >= 0.3 is 0 Å². The summed E-state index contributed by atoms with van der Waals surface area (Å²) >= 11 is 1.10. The molecular weight excluding hydrogens is 553 g/mol. The monoisotopic (exact) mass is 576 g/mol. The number of nitrogens with zero attached hydrogens (tertiary/aromatic N) is 2. The minimum Gasteiger partial charge on any atom is -0.309 e. The number of anilines is 1. The number of fused-ring (bicyclic) bond motifs is 1. The molecule has 1 amide bonds. The predicted molar refractivity (Wildman–Crippen MR) is 165 cm³/mol. The van der Waals surface area contributed by atoms with E-state index in [9.17, 15) is 13.2 Å². The minimum atomic E-state index is -3.83. The molecule has 0 aliphatic heterocycles. The van der Waals surface area contributed by atoms with Gasteiger partial charge in [-0.3, -0.25) is 9.52 Å². The molecule has 41 heavy (non-hydrogen) atoms. The molecular formula is C32H24N4O3S2. The van der Waals surface area contributed by atoms with Crippen LogP contribution in [0.3, 0.4) is 0 Å². The van der Waals surface area contributed by atoms with Gasteiger partial charge < -0.3 is 4.57 Å². The number of amides is 1. The van der Waals surface area contributed by atoms with Crippen LogP contribution in [0.4, 0.5) is 5.69 Å². The summed E-state index contributed by atoms with van der Waals surface area (Å²) in [5.41, 5.74) is 7.67. The molecule has 6 aromatic rings. The van der Waals surface area contributed by atoms with Crippen molar-refractivity contribution in [1.29, 1.82) is 0 Å². The summed E-state index contributed by atoms with van der Waals surface area (Å²) in [4.78, 5) is 13.2. The Bertz CT molecular complexity index is 1970. The van der Waals surface area contributed by atoms with Crippen molar-refractivity contribution in [3.05, 3.63) is 138 Å². The fourth-order valence-electron chi connectivity index (χ4n) is 4.72. The molecule has 0 saturated carbocycles. The molecule has 0 aliphatic rings. The van der Waals surface area contributed by atoms with Gasteiger partial charge in [0.15, 0.2) is 0 Å². The van der Waals surface area contributed by atoms with Crippen molar-refractivity contribution in [2.24, 2.45) is 5.10 Å². The topological polar surface area (TPSA) is 92.6 Å². The van der Waals surface area contributed by atoms with E-state index in [0.29, 0.717) is 0 Å². The molecule has 4 aromatic carbocycles. The number of benzene rings is 4. The fourth-order valence-corrected chi connectivity index (χ4v) is 6.79. The molecule has 0 radical (unpaired) electrons. The van der Waals surface area contributed by atoms with Crippen molar-refractivity contribution in [1.82, 2.24) is 9.99 Å². The minimum absolute atomic E-state index is 0.153. The molecule has 9 heteroatoms. The number of hydrogen-bond acceptors (Lipinski definition) is 5. The number of sulfonamides is 1. The molecule has 0 unspecified atom stereocenters. The zero-order chi connectivity index (χ0) is 28.2. The second kappa shape index (κ2) is 11.2. The van der Waals surface area contributed by atoms with E-state index in [1.807, 2.05) is 66.7 Å². The SMILES string of the molecule is O=C(N/N=C\c1c(-c2ccccc2)n(-c2ccccc2)c2ccccc12)c1ccccc1NS(=O)(=O)c1cccs1. The molecule has 0 fully saturated rings. The Morgan fingerprint density at radius 1 is 0.780 bits per heavy atom. The Hall–Kier alpha value is -4.99. The number of nitrogens with one attached hydrogen (secondary N) is 2.